The van der Waals surface area contributed by atoms with Crippen LogP contribution in [-0.2, 0) is 16.9 Å². The zero-order chi connectivity index (χ0) is 25.3. The molecule has 0 aromatic heterocycles. The minimum atomic E-state index is -0.719. The number of ether oxygens (including phenoxy) is 2. The maximum absolute atomic E-state index is 13.5. The van der Waals surface area contributed by atoms with Gasteiger partial charge in [0.15, 0.2) is 17.2 Å². The van der Waals surface area contributed by atoms with E-state index in [4.69, 9.17) is 14.6 Å². The number of rotatable bonds is 7. The molecular weight excluding hydrogens is 452 g/mol. The van der Waals surface area contributed by atoms with Crippen LogP contribution in [0.2, 0.25) is 0 Å². The lowest BCUT2D eigenvalue weighted by atomic mass is 9.87. The van der Waals surface area contributed by atoms with Gasteiger partial charge in [0.25, 0.3) is 5.91 Å². The Labute approximate surface area is 212 Å². The van der Waals surface area contributed by atoms with Gasteiger partial charge in [0.05, 0.1) is 18.9 Å². The molecule has 1 unspecified atom stereocenters. The van der Waals surface area contributed by atoms with Gasteiger partial charge < -0.3 is 19.7 Å². The van der Waals surface area contributed by atoms with Gasteiger partial charge in [-0.05, 0) is 76.1 Å². The fourth-order valence-electron chi connectivity index (χ4n) is 5.04. The summed E-state index contributed by atoms with van der Waals surface area (Å²) in [5, 5.41) is 9.90. The molecular formula is C29H32N4O3. The Morgan fingerprint density at radius 2 is 1.67 bits per heavy atom. The van der Waals surface area contributed by atoms with E-state index in [1.165, 1.54) is 0 Å². The fourth-order valence-corrected chi connectivity index (χ4v) is 5.04. The van der Waals surface area contributed by atoms with Gasteiger partial charge in [-0.1, -0.05) is 35.9 Å². The van der Waals surface area contributed by atoms with Crippen molar-refractivity contribution in [1.82, 2.24) is 4.90 Å². The minimum absolute atomic E-state index is 0.235. The molecule has 3 aromatic rings. The molecule has 5 rings (SSSR count). The number of nitrogens with zero attached hydrogens (tertiary/aromatic N) is 3. The summed E-state index contributed by atoms with van der Waals surface area (Å²) < 4.78 is 11.9. The maximum atomic E-state index is 13.5. The average Bonchev–Trinajstić information content (AvgIpc) is 3.19. The second-order valence-corrected chi connectivity index (χ2v) is 9.14. The van der Waals surface area contributed by atoms with Gasteiger partial charge in [0.1, 0.15) is 0 Å². The van der Waals surface area contributed by atoms with E-state index < -0.39 is 5.66 Å². The smallest absolute Gasteiger partial charge is 0.293 e. The highest BCUT2D eigenvalue weighted by Gasteiger charge is 2.52. The first-order valence-corrected chi connectivity index (χ1v) is 12.5. The van der Waals surface area contributed by atoms with Crippen molar-refractivity contribution in [1.29, 1.82) is 0 Å². The van der Waals surface area contributed by atoms with Crippen molar-refractivity contribution in [3.05, 3.63) is 83.4 Å². The number of hydrazone groups is 1. The highest BCUT2D eigenvalue weighted by atomic mass is 16.5. The molecule has 2 heterocycles. The van der Waals surface area contributed by atoms with Crippen LogP contribution < -0.4 is 19.8 Å². The van der Waals surface area contributed by atoms with E-state index in [1.54, 1.807) is 0 Å². The number of benzene rings is 3. The monoisotopic (exact) mass is 484 g/mol. The van der Waals surface area contributed by atoms with Crippen LogP contribution in [0.1, 0.15) is 37.5 Å². The molecule has 7 nitrogen and oxygen atoms in total. The highest BCUT2D eigenvalue weighted by Crippen LogP contribution is 2.48. The Bertz CT molecular complexity index is 1290. The number of hydrogen-bond acceptors (Lipinski definition) is 6. The normalized spacial score (nSPS) is 18.3. The topological polar surface area (TPSA) is 66.4 Å². The third-order valence-electron chi connectivity index (χ3n) is 6.79. The number of fused-ring (bicyclic) bond motifs is 3. The van der Waals surface area contributed by atoms with Crippen LogP contribution in [-0.4, -0.2) is 36.4 Å². The second kappa shape index (κ2) is 9.57. The molecule has 1 N–H and O–H groups in total. The lowest BCUT2D eigenvalue weighted by Gasteiger charge is -2.46. The third kappa shape index (κ3) is 4.04. The number of carbonyl (C=O) groups excluding carboxylic acids is 1. The van der Waals surface area contributed by atoms with Gasteiger partial charge in [-0.2, -0.15) is 0 Å². The average molecular weight is 485 g/mol. The summed E-state index contributed by atoms with van der Waals surface area (Å²) in [6.45, 7) is 9.85. The Balaban J connectivity index is 1.62. The first kappa shape index (κ1) is 23.7. The van der Waals surface area contributed by atoms with E-state index >= 15 is 0 Å². The summed E-state index contributed by atoms with van der Waals surface area (Å²) in [5.41, 5.74) is 4.30. The number of anilines is 2. The summed E-state index contributed by atoms with van der Waals surface area (Å²) in [6.07, 6.45) is 0.761. The lowest BCUT2D eigenvalue weighted by Crippen LogP contribution is -2.56. The molecule has 7 heteroatoms. The van der Waals surface area contributed by atoms with Crippen LogP contribution >= 0.6 is 0 Å². The molecule has 0 saturated heterocycles. The van der Waals surface area contributed by atoms with Gasteiger partial charge in [0, 0.05) is 17.8 Å². The Morgan fingerprint density at radius 1 is 1.00 bits per heavy atom. The predicted molar refractivity (Wildman–Crippen MR) is 143 cm³/mol. The number of hydrogen-bond donors (Lipinski definition) is 1. The SMILES string of the molecule is CCOc1cc2c(cc1OCC)C1(C)N(CC2)C(C(=O)Nc2ccccc2)=NN1c1ccc(C)cc1. The molecule has 0 saturated carbocycles. The van der Waals surface area contributed by atoms with Crippen LogP contribution in [0.15, 0.2) is 71.8 Å². The number of para-hydroxylation sites is 1. The number of amides is 1. The van der Waals surface area contributed by atoms with Crippen LogP contribution in [0.5, 0.6) is 11.5 Å². The zero-order valence-electron chi connectivity index (χ0n) is 21.2. The van der Waals surface area contributed by atoms with Crippen molar-refractivity contribution in [2.75, 3.05) is 30.1 Å². The van der Waals surface area contributed by atoms with Crippen LogP contribution in [0, 0.1) is 6.92 Å². The van der Waals surface area contributed by atoms with Gasteiger partial charge in [0.2, 0.25) is 5.84 Å². The Kier molecular flexibility index (Phi) is 6.31. The number of nitrogens with one attached hydrogen (secondary N) is 1. The molecule has 0 aliphatic carbocycles. The molecule has 0 fully saturated rings. The summed E-state index contributed by atoms with van der Waals surface area (Å²) in [7, 11) is 0. The van der Waals surface area contributed by atoms with Crippen molar-refractivity contribution in [2.45, 2.75) is 39.8 Å². The fraction of sp³-hybridized carbons (Fsp3) is 0.310. The molecule has 0 spiro atoms. The lowest BCUT2D eigenvalue weighted by molar-refractivity contribution is -0.111. The van der Waals surface area contributed by atoms with Gasteiger partial charge in [-0.3, -0.25) is 4.79 Å². The summed E-state index contributed by atoms with van der Waals surface area (Å²) in [6, 6.07) is 21.8. The van der Waals surface area contributed by atoms with E-state index in [2.05, 4.69) is 48.3 Å². The molecule has 1 atom stereocenters. The Morgan fingerprint density at radius 3 is 2.33 bits per heavy atom. The van der Waals surface area contributed by atoms with Crippen LogP contribution in [0.25, 0.3) is 0 Å². The standard InChI is InChI=1S/C29H32N4O3/c1-5-35-25-18-21-16-17-32-27(28(34)30-22-10-8-7-9-11-22)31-33(23-14-12-20(3)13-15-23)29(32,4)24(21)19-26(25)36-6-2/h7-15,18-19H,5-6,16-17H2,1-4H3,(H,30,34). The van der Waals surface area contributed by atoms with Crippen molar-refractivity contribution in [3.63, 3.8) is 0 Å². The van der Waals surface area contributed by atoms with E-state index in [-0.39, 0.29) is 5.91 Å². The molecule has 186 valence electrons. The van der Waals surface area contributed by atoms with Crippen molar-refractivity contribution in [3.8, 4) is 11.5 Å². The van der Waals surface area contributed by atoms with Gasteiger partial charge in [-0.25, -0.2) is 5.01 Å². The van der Waals surface area contributed by atoms with Crippen molar-refractivity contribution in [2.24, 2.45) is 5.10 Å². The van der Waals surface area contributed by atoms with Crippen LogP contribution in [0.4, 0.5) is 11.4 Å². The molecule has 3 aromatic carbocycles. The van der Waals surface area contributed by atoms with Gasteiger partial charge in [-0.15, -0.1) is 5.10 Å². The largest absolute Gasteiger partial charge is 0.490 e. The third-order valence-corrected chi connectivity index (χ3v) is 6.79. The van der Waals surface area contributed by atoms with Crippen molar-refractivity contribution < 1.29 is 14.3 Å². The first-order chi connectivity index (χ1) is 17.5. The zero-order valence-corrected chi connectivity index (χ0v) is 21.2. The van der Waals surface area contributed by atoms with Crippen molar-refractivity contribution >= 4 is 23.1 Å². The molecule has 0 bridgehead atoms. The quantitative estimate of drug-likeness (QED) is 0.493. The predicted octanol–water partition coefficient (Wildman–Crippen LogP) is 5.30. The van der Waals surface area contributed by atoms with E-state index in [9.17, 15) is 4.79 Å². The minimum Gasteiger partial charge on any atom is -0.490 e. The second-order valence-electron chi connectivity index (χ2n) is 9.14. The molecule has 0 radical (unpaired) electrons. The number of aryl methyl sites for hydroxylation is 1. The Hall–Kier alpha value is -4.00. The van der Waals surface area contributed by atoms with Gasteiger partial charge >= 0.3 is 0 Å². The molecule has 2 aliphatic heterocycles. The maximum Gasteiger partial charge on any atom is 0.293 e. The molecule has 2 aliphatic rings. The van der Waals surface area contributed by atoms with E-state index in [1.807, 2.05) is 61.3 Å². The first-order valence-electron chi connectivity index (χ1n) is 12.5. The number of amidine groups is 1. The summed E-state index contributed by atoms with van der Waals surface area (Å²) in [5.74, 6) is 1.60. The van der Waals surface area contributed by atoms with E-state index in [0.29, 0.717) is 31.3 Å². The summed E-state index contributed by atoms with van der Waals surface area (Å²) in [4.78, 5) is 15.6. The number of carbonyl (C=O) groups is 1. The van der Waals surface area contributed by atoms with Crippen LogP contribution in [0.3, 0.4) is 0 Å². The molecule has 36 heavy (non-hydrogen) atoms. The highest BCUT2D eigenvalue weighted by molar-refractivity contribution is 6.42. The summed E-state index contributed by atoms with van der Waals surface area (Å²) >= 11 is 0. The van der Waals surface area contributed by atoms with E-state index in [0.717, 1.165) is 40.2 Å². The molecule has 1 amide bonds.